The van der Waals surface area contributed by atoms with Crippen LogP contribution in [0.5, 0.6) is 0 Å². The fraction of sp³-hybridized carbons (Fsp3) is 0.615. The zero-order valence-electron chi connectivity index (χ0n) is 12.3. The number of carbonyl (C=O) groups is 1. The molecule has 0 radical (unpaired) electrons. The van der Waals surface area contributed by atoms with Gasteiger partial charge in [0, 0.05) is 31.6 Å². The maximum Gasteiger partial charge on any atom is 0.404 e. The maximum absolute atomic E-state index is 11.8. The van der Waals surface area contributed by atoms with Crippen LogP contribution in [0, 0.1) is 5.41 Å². The predicted octanol–water partition coefficient (Wildman–Crippen LogP) is 0.0643. The number of nitrogen functional groups attached to an aromatic ring is 1. The molecule has 2 rings (SSSR count). The number of primary amides is 1. The second-order valence-corrected chi connectivity index (χ2v) is 5.78. The Morgan fingerprint density at radius 3 is 2.67 bits per heavy atom. The summed E-state index contributed by atoms with van der Waals surface area (Å²) >= 11 is 0. The Balaban J connectivity index is 2.07. The molecule has 1 saturated heterocycles. The highest BCUT2D eigenvalue weighted by molar-refractivity contribution is 5.64. The molecule has 1 aromatic heterocycles. The highest BCUT2D eigenvalue weighted by Crippen LogP contribution is 2.32. The van der Waals surface area contributed by atoms with Crippen molar-refractivity contribution >= 4 is 17.9 Å². The van der Waals surface area contributed by atoms with E-state index in [1.165, 1.54) is 10.6 Å². The number of nitrogens with two attached hydrogens (primary N) is 2. The number of rotatable bonds is 3. The van der Waals surface area contributed by atoms with Gasteiger partial charge in [-0.1, -0.05) is 6.92 Å². The molecule has 1 aromatic rings. The van der Waals surface area contributed by atoms with Crippen LogP contribution < -0.4 is 21.9 Å². The fourth-order valence-electron chi connectivity index (χ4n) is 2.46. The molecule has 0 atom stereocenters. The van der Waals surface area contributed by atoms with Gasteiger partial charge in [-0.15, -0.1) is 0 Å². The molecule has 1 aliphatic heterocycles. The topological polar surface area (TPSA) is 116 Å². The van der Waals surface area contributed by atoms with E-state index in [2.05, 4.69) is 11.9 Å². The van der Waals surface area contributed by atoms with Gasteiger partial charge in [-0.25, -0.2) is 4.79 Å². The van der Waals surface area contributed by atoms with Crippen molar-refractivity contribution in [3.63, 3.8) is 0 Å². The number of amides is 1. The van der Waals surface area contributed by atoms with Crippen molar-refractivity contribution < 1.29 is 9.53 Å². The van der Waals surface area contributed by atoms with Crippen LogP contribution in [0.3, 0.4) is 0 Å². The summed E-state index contributed by atoms with van der Waals surface area (Å²) in [6.07, 6.45) is 0.870. The van der Waals surface area contributed by atoms with Crippen LogP contribution in [0.2, 0.25) is 0 Å². The average Bonchev–Trinajstić information content (AvgIpc) is 2.42. The van der Waals surface area contributed by atoms with E-state index in [1.807, 2.05) is 4.90 Å². The largest absolute Gasteiger partial charge is 0.449 e. The molecule has 4 N–H and O–H groups in total. The van der Waals surface area contributed by atoms with Crippen molar-refractivity contribution in [2.45, 2.75) is 19.8 Å². The molecule has 21 heavy (non-hydrogen) atoms. The minimum Gasteiger partial charge on any atom is -0.449 e. The van der Waals surface area contributed by atoms with E-state index in [0.29, 0.717) is 25.6 Å². The van der Waals surface area contributed by atoms with Crippen molar-refractivity contribution in [3.8, 4) is 0 Å². The van der Waals surface area contributed by atoms with E-state index in [4.69, 9.17) is 16.2 Å². The smallest absolute Gasteiger partial charge is 0.404 e. The van der Waals surface area contributed by atoms with Crippen LogP contribution in [-0.4, -0.2) is 35.3 Å². The van der Waals surface area contributed by atoms with Gasteiger partial charge in [-0.05, 0) is 12.8 Å². The van der Waals surface area contributed by atoms with Crippen molar-refractivity contribution in [3.05, 3.63) is 16.4 Å². The lowest BCUT2D eigenvalue weighted by Crippen LogP contribution is -2.43. The van der Waals surface area contributed by atoms with Crippen LogP contribution in [0.4, 0.5) is 16.6 Å². The minimum absolute atomic E-state index is 0.106. The van der Waals surface area contributed by atoms with Gasteiger partial charge in [0.25, 0.3) is 5.56 Å². The summed E-state index contributed by atoms with van der Waals surface area (Å²) in [6.45, 7) is 3.78. The molecule has 8 heteroatoms. The first-order valence-corrected chi connectivity index (χ1v) is 6.81. The molecule has 0 aromatic carbocycles. The third-order valence-electron chi connectivity index (χ3n) is 3.95. The van der Waals surface area contributed by atoms with Gasteiger partial charge in [0.2, 0.25) is 5.95 Å². The van der Waals surface area contributed by atoms with E-state index in [9.17, 15) is 9.59 Å². The summed E-state index contributed by atoms with van der Waals surface area (Å²) in [6, 6.07) is 1.30. The molecular weight excluding hydrogens is 274 g/mol. The zero-order valence-corrected chi connectivity index (χ0v) is 12.3. The molecule has 0 spiro atoms. The summed E-state index contributed by atoms with van der Waals surface area (Å²) < 4.78 is 6.40. The molecule has 1 fully saturated rings. The van der Waals surface area contributed by atoms with Crippen LogP contribution in [0.1, 0.15) is 19.8 Å². The standard InChI is InChI=1S/C13H21N5O3/c1-13(8-21-11(15)20)3-5-18(6-4-13)12-16-9(14)7-10(19)17(12)2/h7H,3-6,8,14H2,1-2H3,(H2,15,20). The van der Waals surface area contributed by atoms with Gasteiger partial charge in [-0.2, -0.15) is 4.98 Å². The molecular formula is C13H21N5O3. The molecule has 1 aliphatic rings. The predicted molar refractivity (Wildman–Crippen MR) is 79.0 cm³/mol. The fourth-order valence-corrected chi connectivity index (χ4v) is 2.46. The first-order valence-electron chi connectivity index (χ1n) is 6.81. The molecule has 0 unspecified atom stereocenters. The number of carbonyl (C=O) groups excluding carboxylic acids is 1. The van der Waals surface area contributed by atoms with E-state index in [1.54, 1.807) is 7.05 Å². The first-order chi connectivity index (χ1) is 9.81. The molecule has 0 aliphatic carbocycles. The normalized spacial score (nSPS) is 17.5. The zero-order chi connectivity index (χ0) is 15.6. The van der Waals surface area contributed by atoms with Crippen LogP contribution in [0.25, 0.3) is 0 Å². The third kappa shape index (κ3) is 3.45. The van der Waals surface area contributed by atoms with Crippen LogP contribution in [-0.2, 0) is 11.8 Å². The number of nitrogens with zero attached hydrogens (tertiary/aromatic N) is 3. The Morgan fingerprint density at radius 2 is 2.10 bits per heavy atom. The number of hydrogen-bond acceptors (Lipinski definition) is 6. The van der Waals surface area contributed by atoms with Crippen molar-refractivity contribution in [2.24, 2.45) is 18.2 Å². The number of ether oxygens (including phenoxy) is 1. The molecule has 1 amide bonds. The lowest BCUT2D eigenvalue weighted by Gasteiger charge is -2.39. The van der Waals surface area contributed by atoms with Crippen molar-refractivity contribution in [2.75, 3.05) is 30.3 Å². The highest BCUT2D eigenvalue weighted by Gasteiger charge is 2.32. The van der Waals surface area contributed by atoms with Gasteiger partial charge < -0.3 is 21.1 Å². The number of aromatic nitrogens is 2. The summed E-state index contributed by atoms with van der Waals surface area (Å²) in [5.41, 5.74) is 10.4. The van der Waals surface area contributed by atoms with Gasteiger partial charge in [0.15, 0.2) is 0 Å². The Hall–Kier alpha value is -2.25. The molecule has 0 saturated carbocycles. The number of hydrogen-bond donors (Lipinski definition) is 2. The minimum atomic E-state index is -0.751. The molecule has 8 nitrogen and oxygen atoms in total. The van der Waals surface area contributed by atoms with Gasteiger partial charge >= 0.3 is 6.09 Å². The van der Waals surface area contributed by atoms with E-state index < -0.39 is 6.09 Å². The quantitative estimate of drug-likeness (QED) is 0.814. The van der Waals surface area contributed by atoms with Gasteiger partial charge in [0.1, 0.15) is 5.82 Å². The van der Waals surface area contributed by atoms with Gasteiger partial charge in [0.05, 0.1) is 6.61 Å². The Labute approximate surface area is 122 Å². The summed E-state index contributed by atoms with van der Waals surface area (Å²) in [4.78, 5) is 28.7. The lowest BCUT2D eigenvalue weighted by molar-refractivity contribution is 0.0816. The van der Waals surface area contributed by atoms with Crippen molar-refractivity contribution in [1.82, 2.24) is 9.55 Å². The lowest BCUT2D eigenvalue weighted by atomic mass is 9.81. The Bertz CT molecular complexity index is 590. The SMILES string of the molecule is Cn1c(N2CCC(C)(COC(N)=O)CC2)nc(N)cc1=O. The Kier molecular flexibility index (Phi) is 4.06. The van der Waals surface area contributed by atoms with Crippen LogP contribution in [0.15, 0.2) is 10.9 Å². The average molecular weight is 295 g/mol. The summed E-state index contributed by atoms with van der Waals surface area (Å²) in [7, 11) is 1.67. The molecule has 116 valence electrons. The van der Waals surface area contributed by atoms with E-state index in [0.717, 1.165) is 12.8 Å². The second kappa shape index (κ2) is 5.63. The molecule has 2 heterocycles. The number of anilines is 2. The monoisotopic (exact) mass is 295 g/mol. The summed E-state index contributed by atoms with van der Waals surface area (Å²) in [5, 5.41) is 0. The second-order valence-electron chi connectivity index (χ2n) is 5.78. The molecule has 0 bridgehead atoms. The van der Waals surface area contributed by atoms with E-state index in [-0.39, 0.29) is 16.8 Å². The van der Waals surface area contributed by atoms with Crippen molar-refractivity contribution in [1.29, 1.82) is 0 Å². The third-order valence-corrected chi connectivity index (χ3v) is 3.95. The summed E-state index contributed by atoms with van der Waals surface area (Å²) in [5.74, 6) is 0.788. The van der Waals surface area contributed by atoms with Gasteiger partial charge in [-0.3, -0.25) is 9.36 Å². The number of piperidine rings is 1. The van der Waals surface area contributed by atoms with E-state index >= 15 is 0 Å². The highest BCUT2D eigenvalue weighted by atomic mass is 16.5. The van der Waals surface area contributed by atoms with Crippen LogP contribution >= 0.6 is 0 Å². The first kappa shape index (κ1) is 15.1. The Morgan fingerprint density at radius 1 is 1.48 bits per heavy atom. The maximum atomic E-state index is 11.8.